The molecule has 0 radical (unpaired) electrons. The summed E-state index contributed by atoms with van der Waals surface area (Å²) in [6.45, 7) is -0.341. The molecule has 10 heteroatoms. The van der Waals surface area contributed by atoms with Crippen LogP contribution < -0.4 is 24.8 Å². The maximum absolute atomic E-state index is 12.6. The number of halogens is 3. The van der Waals surface area contributed by atoms with Crippen molar-refractivity contribution in [3.05, 3.63) is 47.5 Å². The summed E-state index contributed by atoms with van der Waals surface area (Å²) in [6.07, 6.45) is -4.96. The Morgan fingerprint density at radius 2 is 1.59 bits per heavy atom. The molecular weight excluding hydrogens is 393 g/mol. The lowest BCUT2D eigenvalue weighted by atomic mass is 10.1. The van der Waals surface area contributed by atoms with Crippen molar-refractivity contribution in [2.24, 2.45) is 0 Å². The van der Waals surface area contributed by atoms with Gasteiger partial charge in [0.25, 0.3) is 5.91 Å². The van der Waals surface area contributed by atoms with Crippen LogP contribution in [-0.4, -0.2) is 39.3 Å². The molecule has 0 spiro atoms. The van der Waals surface area contributed by atoms with E-state index in [2.05, 4.69) is 5.32 Å². The minimum absolute atomic E-state index is 0.218. The van der Waals surface area contributed by atoms with Crippen LogP contribution in [0.25, 0.3) is 0 Å². The third-order valence-electron chi connectivity index (χ3n) is 3.82. The summed E-state index contributed by atoms with van der Waals surface area (Å²) in [6, 6.07) is 9.00. The fourth-order valence-electron chi connectivity index (χ4n) is 2.46. The molecule has 0 saturated carbocycles. The van der Waals surface area contributed by atoms with Gasteiger partial charge in [-0.15, -0.1) is 0 Å². The number of nitrogens with one attached hydrogen (secondary N) is 2. The number of hydrogen-bond donors (Lipinski definition) is 2. The van der Waals surface area contributed by atoms with Crippen molar-refractivity contribution in [1.29, 1.82) is 0 Å². The second kappa shape index (κ2) is 9.18. The molecule has 2 aromatic carbocycles. The zero-order chi connectivity index (χ0) is 21.6. The number of methoxy groups -OCH3 is 3. The molecule has 0 bridgehead atoms. The second-order valence-electron chi connectivity index (χ2n) is 5.75. The van der Waals surface area contributed by atoms with Gasteiger partial charge in [-0.05, 0) is 29.8 Å². The molecule has 0 unspecified atom stereocenters. The molecule has 7 nitrogen and oxygen atoms in total. The summed E-state index contributed by atoms with van der Waals surface area (Å²) in [4.78, 5) is 23.5. The van der Waals surface area contributed by atoms with E-state index in [1.54, 1.807) is 17.4 Å². The van der Waals surface area contributed by atoms with Crippen LogP contribution in [0.2, 0.25) is 0 Å². The fourth-order valence-corrected chi connectivity index (χ4v) is 2.46. The van der Waals surface area contributed by atoms with Crippen molar-refractivity contribution in [1.82, 2.24) is 5.32 Å². The highest BCUT2D eigenvalue weighted by atomic mass is 19.4. The Morgan fingerprint density at radius 1 is 0.966 bits per heavy atom. The van der Waals surface area contributed by atoms with E-state index in [1.165, 1.54) is 45.6 Å². The van der Waals surface area contributed by atoms with E-state index in [1.807, 2.05) is 0 Å². The first-order valence-corrected chi connectivity index (χ1v) is 8.25. The average molecular weight is 412 g/mol. The first-order valence-electron chi connectivity index (χ1n) is 8.25. The number of benzene rings is 2. The molecule has 0 fully saturated rings. The van der Waals surface area contributed by atoms with Crippen LogP contribution in [0.3, 0.4) is 0 Å². The molecular formula is C19H19F3N2O5. The van der Waals surface area contributed by atoms with Crippen molar-refractivity contribution in [3.8, 4) is 17.2 Å². The van der Waals surface area contributed by atoms with Gasteiger partial charge < -0.3 is 24.8 Å². The predicted molar refractivity (Wildman–Crippen MR) is 98.4 cm³/mol. The van der Waals surface area contributed by atoms with Gasteiger partial charge in [-0.3, -0.25) is 9.59 Å². The van der Waals surface area contributed by atoms with E-state index in [-0.39, 0.29) is 12.1 Å². The van der Waals surface area contributed by atoms with Crippen molar-refractivity contribution in [2.75, 3.05) is 26.6 Å². The van der Waals surface area contributed by atoms with Crippen LogP contribution in [0.5, 0.6) is 17.2 Å². The van der Waals surface area contributed by atoms with E-state index in [0.717, 1.165) is 0 Å². The first kappa shape index (κ1) is 21.9. The molecule has 0 aliphatic rings. The topological polar surface area (TPSA) is 85.9 Å². The van der Waals surface area contributed by atoms with Gasteiger partial charge >= 0.3 is 12.1 Å². The van der Waals surface area contributed by atoms with Gasteiger partial charge in [-0.25, -0.2) is 0 Å². The zero-order valence-electron chi connectivity index (χ0n) is 15.8. The standard InChI is InChI=1S/C19H19F3N2O5/c1-27-14-8-12(9-15(28-2)16(14)29-3)17(25)24-13-6-4-5-11(7-13)10-23-18(26)19(20,21)22/h4-9H,10H2,1-3H3,(H,23,26)(H,24,25). The van der Waals surface area contributed by atoms with E-state index in [4.69, 9.17) is 14.2 Å². The fraction of sp³-hybridized carbons (Fsp3) is 0.263. The van der Waals surface area contributed by atoms with E-state index < -0.39 is 18.0 Å². The van der Waals surface area contributed by atoms with Gasteiger partial charge in [0.1, 0.15) is 0 Å². The largest absolute Gasteiger partial charge is 0.493 e. The smallest absolute Gasteiger partial charge is 0.471 e. The normalized spacial score (nSPS) is 10.8. The molecule has 0 atom stereocenters. The molecule has 0 aromatic heterocycles. The van der Waals surface area contributed by atoms with Gasteiger partial charge in [0.2, 0.25) is 5.75 Å². The van der Waals surface area contributed by atoms with Crippen molar-refractivity contribution < 1.29 is 37.0 Å². The molecule has 29 heavy (non-hydrogen) atoms. The molecule has 2 aromatic rings. The number of amides is 2. The van der Waals surface area contributed by atoms with Crippen LogP contribution in [0.4, 0.5) is 18.9 Å². The number of ether oxygens (including phenoxy) is 3. The van der Waals surface area contributed by atoms with Gasteiger partial charge in [0.15, 0.2) is 11.5 Å². The number of carbonyl (C=O) groups excluding carboxylic acids is 2. The van der Waals surface area contributed by atoms with Gasteiger partial charge in [-0.1, -0.05) is 12.1 Å². The SMILES string of the molecule is COc1cc(C(=O)Nc2cccc(CNC(=O)C(F)(F)F)c2)cc(OC)c1OC. The van der Waals surface area contributed by atoms with Crippen molar-refractivity contribution in [3.63, 3.8) is 0 Å². The third kappa shape index (κ3) is 5.53. The van der Waals surface area contributed by atoms with Crippen LogP contribution in [0.15, 0.2) is 36.4 Å². The third-order valence-corrected chi connectivity index (χ3v) is 3.82. The molecule has 2 N–H and O–H groups in total. The maximum atomic E-state index is 12.6. The number of anilines is 1. The summed E-state index contributed by atoms with van der Waals surface area (Å²) in [7, 11) is 4.26. The van der Waals surface area contributed by atoms with E-state index in [0.29, 0.717) is 28.5 Å². The lowest BCUT2D eigenvalue weighted by Crippen LogP contribution is -2.36. The highest BCUT2D eigenvalue weighted by Crippen LogP contribution is 2.38. The van der Waals surface area contributed by atoms with Gasteiger partial charge in [-0.2, -0.15) is 13.2 Å². The summed E-state index contributed by atoms with van der Waals surface area (Å²) < 4.78 is 52.4. The summed E-state index contributed by atoms with van der Waals surface area (Å²) >= 11 is 0. The van der Waals surface area contributed by atoms with E-state index in [9.17, 15) is 22.8 Å². The average Bonchev–Trinajstić information content (AvgIpc) is 2.70. The number of carbonyl (C=O) groups is 2. The molecule has 156 valence electrons. The van der Waals surface area contributed by atoms with Crippen LogP contribution >= 0.6 is 0 Å². The Hall–Kier alpha value is -3.43. The van der Waals surface area contributed by atoms with Crippen LogP contribution in [0, 0.1) is 0 Å². The molecule has 0 heterocycles. The summed E-state index contributed by atoms with van der Waals surface area (Å²) in [5.41, 5.74) is 0.933. The Bertz CT molecular complexity index is 875. The van der Waals surface area contributed by atoms with Crippen LogP contribution in [0.1, 0.15) is 15.9 Å². The number of rotatable bonds is 7. The molecule has 0 saturated heterocycles. The quantitative estimate of drug-likeness (QED) is 0.730. The Labute approximate surface area is 164 Å². The minimum atomic E-state index is -4.96. The molecule has 2 rings (SSSR count). The molecule has 0 aliphatic carbocycles. The number of hydrogen-bond acceptors (Lipinski definition) is 5. The molecule has 2 amide bonds. The lowest BCUT2D eigenvalue weighted by molar-refractivity contribution is -0.173. The van der Waals surface area contributed by atoms with Gasteiger partial charge in [0.05, 0.1) is 21.3 Å². The summed E-state index contributed by atoms with van der Waals surface area (Å²) in [5.74, 6) is -1.62. The highest BCUT2D eigenvalue weighted by Gasteiger charge is 2.38. The zero-order valence-corrected chi connectivity index (χ0v) is 15.8. The Morgan fingerprint density at radius 3 is 2.10 bits per heavy atom. The monoisotopic (exact) mass is 412 g/mol. The van der Waals surface area contributed by atoms with Crippen LogP contribution in [-0.2, 0) is 11.3 Å². The highest BCUT2D eigenvalue weighted by molar-refractivity contribution is 6.05. The summed E-state index contributed by atoms with van der Waals surface area (Å²) in [5, 5.41) is 4.40. The predicted octanol–water partition coefficient (Wildman–Crippen LogP) is 3.14. The maximum Gasteiger partial charge on any atom is 0.471 e. The van der Waals surface area contributed by atoms with E-state index >= 15 is 0 Å². The first-order chi connectivity index (χ1) is 13.7. The van der Waals surface area contributed by atoms with Gasteiger partial charge in [0, 0.05) is 17.8 Å². The Kier molecular flexibility index (Phi) is 6.92. The lowest BCUT2D eigenvalue weighted by Gasteiger charge is -2.14. The molecule has 0 aliphatic heterocycles. The van der Waals surface area contributed by atoms with Crippen molar-refractivity contribution >= 4 is 17.5 Å². The second-order valence-corrected chi connectivity index (χ2v) is 5.75. The minimum Gasteiger partial charge on any atom is -0.493 e. The Balaban J connectivity index is 2.16. The number of alkyl halides is 3. The van der Waals surface area contributed by atoms with Crippen molar-refractivity contribution in [2.45, 2.75) is 12.7 Å².